The highest BCUT2D eigenvalue weighted by molar-refractivity contribution is 7.16. The molecular weight excluding hydrogens is 298 g/mol. The molecule has 6 heteroatoms. The van der Waals surface area contributed by atoms with Crippen LogP contribution in [-0.2, 0) is 16.6 Å². The first kappa shape index (κ1) is 13.7. The fourth-order valence-corrected chi connectivity index (χ4v) is 4.03. The van der Waals surface area contributed by atoms with Crippen molar-refractivity contribution in [2.24, 2.45) is 18.0 Å². The van der Waals surface area contributed by atoms with Gasteiger partial charge in [0.2, 0.25) is 5.91 Å². The van der Waals surface area contributed by atoms with Crippen molar-refractivity contribution in [1.29, 1.82) is 0 Å². The van der Waals surface area contributed by atoms with Crippen molar-refractivity contribution in [2.45, 2.75) is 25.3 Å². The number of likely N-dealkylation sites (tertiary alicyclic amines) is 1. The van der Waals surface area contributed by atoms with Crippen molar-refractivity contribution >= 4 is 33.4 Å². The van der Waals surface area contributed by atoms with E-state index in [-0.39, 0.29) is 17.7 Å². The van der Waals surface area contributed by atoms with Crippen molar-refractivity contribution in [3.05, 3.63) is 29.1 Å². The third kappa shape index (κ3) is 2.27. The van der Waals surface area contributed by atoms with E-state index in [1.54, 1.807) is 0 Å². The van der Waals surface area contributed by atoms with E-state index < -0.39 is 0 Å². The van der Waals surface area contributed by atoms with Gasteiger partial charge in [0.05, 0.1) is 16.1 Å². The number of amides is 2. The van der Waals surface area contributed by atoms with Crippen LogP contribution in [0.1, 0.15) is 19.3 Å². The van der Waals surface area contributed by atoms with Crippen LogP contribution in [0.4, 0.5) is 0 Å². The number of rotatable bonds is 2. The van der Waals surface area contributed by atoms with Crippen LogP contribution >= 0.6 is 11.3 Å². The number of aromatic nitrogens is 1. The summed E-state index contributed by atoms with van der Waals surface area (Å²) in [7, 11) is 1.92. The van der Waals surface area contributed by atoms with Crippen LogP contribution < -0.4 is 4.80 Å². The topological polar surface area (TPSA) is 54.7 Å². The number of hydrogen-bond donors (Lipinski definition) is 0. The molecule has 1 aliphatic heterocycles. The normalized spacial score (nSPS) is 22.8. The quantitative estimate of drug-likeness (QED) is 0.846. The predicted molar refractivity (Wildman–Crippen MR) is 84.2 cm³/mol. The first-order valence-electron chi connectivity index (χ1n) is 7.56. The van der Waals surface area contributed by atoms with E-state index in [1.807, 2.05) is 40.8 Å². The monoisotopic (exact) mass is 315 g/mol. The Morgan fingerprint density at radius 3 is 2.82 bits per heavy atom. The second kappa shape index (κ2) is 5.05. The Balaban J connectivity index is 1.62. The zero-order valence-electron chi connectivity index (χ0n) is 12.4. The van der Waals surface area contributed by atoms with E-state index in [2.05, 4.69) is 4.99 Å². The minimum atomic E-state index is -0.279. The third-order valence-corrected chi connectivity index (χ3v) is 5.53. The van der Waals surface area contributed by atoms with Gasteiger partial charge in [-0.05, 0) is 25.0 Å². The summed E-state index contributed by atoms with van der Waals surface area (Å²) in [6, 6.07) is 8.38. The predicted octanol–water partition coefficient (Wildman–Crippen LogP) is 1.68. The van der Waals surface area contributed by atoms with Crippen LogP contribution in [0.15, 0.2) is 29.3 Å². The fourth-order valence-electron chi connectivity index (χ4n) is 3.01. The first-order valence-corrected chi connectivity index (χ1v) is 8.38. The smallest absolute Gasteiger partial charge is 0.253 e. The van der Waals surface area contributed by atoms with Crippen LogP contribution in [-0.4, -0.2) is 33.9 Å². The van der Waals surface area contributed by atoms with E-state index in [4.69, 9.17) is 0 Å². The molecule has 0 radical (unpaired) electrons. The van der Waals surface area contributed by atoms with Crippen molar-refractivity contribution in [2.75, 3.05) is 6.54 Å². The molecular formula is C16H17N3O2S. The number of aryl methyl sites for hydroxylation is 1. The van der Waals surface area contributed by atoms with Gasteiger partial charge in [-0.15, -0.1) is 0 Å². The van der Waals surface area contributed by atoms with E-state index in [0.717, 1.165) is 23.1 Å². The SMILES string of the molecule is Cn1c(=NC(=O)C2CC(=O)N(C3CC3)C2)sc2ccccc21. The van der Waals surface area contributed by atoms with Gasteiger partial charge in [-0.1, -0.05) is 23.5 Å². The number of thiazole rings is 1. The Morgan fingerprint density at radius 1 is 1.32 bits per heavy atom. The van der Waals surface area contributed by atoms with E-state index in [0.29, 0.717) is 23.8 Å². The fraction of sp³-hybridized carbons (Fsp3) is 0.438. The minimum Gasteiger partial charge on any atom is -0.339 e. The van der Waals surface area contributed by atoms with Gasteiger partial charge in [0, 0.05) is 26.1 Å². The molecule has 5 nitrogen and oxygen atoms in total. The Hall–Kier alpha value is -1.95. The molecule has 1 aromatic heterocycles. The molecule has 0 bridgehead atoms. The molecule has 1 atom stereocenters. The summed E-state index contributed by atoms with van der Waals surface area (Å²) in [6.07, 6.45) is 2.47. The number of benzene rings is 1. The van der Waals surface area contributed by atoms with Crippen molar-refractivity contribution in [3.63, 3.8) is 0 Å². The molecule has 0 N–H and O–H groups in total. The molecule has 2 aliphatic rings. The molecule has 2 fully saturated rings. The average Bonchev–Trinajstić information content (AvgIpc) is 3.21. The molecule has 114 valence electrons. The standard InChI is InChI=1S/C16H17N3O2S/c1-18-12-4-2-3-5-13(12)22-16(18)17-15(21)10-8-14(20)19(9-10)11-6-7-11/h2-5,10-11H,6-9H2,1H3. The van der Waals surface area contributed by atoms with Gasteiger partial charge in [0.15, 0.2) is 4.80 Å². The van der Waals surface area contributed by atoms with Crippen molar-refractivity contribution in [1.82, 2.24) is 9.47 Å². The maximum atomic E-state index is 12.4. The number of para-hydroxylation sites is 1. The lowest BCUT2D eigenvalue weighted by Gasteiger charge is -2.14. The lowest BCUT2D eigenvalue weighted by Crippen LogP contribution is -2.28. The highest BCUT2D eigenvalue weighted by atomic mass is 32.1. The Bertz CT molecular complexity index is 831. The van der Waals surface area contributed by atoms with Crippen molar-refractivity contribution in [3.8, 4) is 0 Å². The Kier molecular flexibility index (Phi) is 3.14. The molecule has 4 rings (SSSR count). The Morgan fingerprint density at radius 2 is 2.09 bits per heavy atom. The van der Waals surface area contributed by atoms with Gasteiger partial charge >= 0.3 is 0 Å². The van der Waals surface area contributed by atoms with Crippen LogP contribution in [0, 0.1) is 5.92 Å². The van der Waals surface area contributed by atoms with Crippen LogP contribution in [0.25, 0.3) is 10.2 Å². The summed E-state index contributed by atoms with van der Waals surface area (Å²) in [5.74, 6) is -0.339. The van der Waals surface area contributed by atoms with E-state index in [1.165, 1.54) is 11.3 Å². The van der Waals surface area contributed by atoms with E-state index >= 15 is 0 Å². The highest BCUT2D eigenvalue weighted by Crippen LogP contribution is 2.32. The molecule has 1 aromatic carbocycles. The van der Waals surface area contributed by atoms with Gasteiger partial charge in [0.1, 0.15) is 0 Å². The number of hydrogen-bond acceptors (Lipinski definition) is 3. The summed E-state index contributed by atoms with van der Waals surface area (Å²) >= 11 is 1.51. The molecule has 1 aliphatic carbocycles. The van der Waals surface area contributed by atoms with Crippen LogP contribution in [0.3, 0.4) is 0 Å². The second-order valence-electron chi connectivity index (χ2n) is 6.04. The van der Waals surface area contributed by atoms with Gasteiger partial charge < -0.3 is 9.47 Å². The van der Waals surface area contributed by atoms with E-state index in [9.17, 15) is 9.59 Å². The molecule has 1 saturated heterocycles. The van der Waals surface area contributed by atoms with Crippen molar-refractivity contribution < 1.29 is 9.59 Å². The van der Waals surface area contributed by atoms with Crippen LogP contribution in [0.5, 0.6) is 0 Å². The van der Waals surface area contributed by atoms with Crippen LogP contribution in [0.2, 0.25) is 0 Å². The number of fused-ring (bicyclic) bond motifs is 1. The maximum absolute atomic E-state index is 12.4. The number of nitrogens with zero attached hydrogens (tertiary/aromatic N) is 3. The molecule has 22 heavy (non-hydrogen) atoms. The largest absolute Gasteiger partial charge is 0.339 e. The van der Waals surface area contributed by atoms with Gasteiger partial charge in [-0.3, -0.25) is 9.59 Å². The minimum absolute atomic E-state index is 0.108. The van der Waals surface area contributed by atoms with Gasteiger partial charge in [-0.2, -0.15) is 4.99 Å². The molecule has 1 saturated carbocycles. The molecule has 2 heterocycles. The lowest BCUT2D eigenvalue weighted by molar-refractivity contribution is -0.128. The highest BCUT2D eigenvalue weighted by Gasteiger charge is 2.41. The summed E-state index contributed by atoms with van der Waals surface area (Å²) in [6.45, 7) is 0.542. The lowest BCUT2D eigenvalue weighted by atomic mass is 10.1. The zero-order chi connectivity index (χ0) is 15.3. The maximum Gasteiger partial charge on any atom is 0.253 e. The van der Waals surface area contributed by atoms with Gasteiger partial charge in [-0.25, -0.2) is 0 Å². The first-order chi connectivity index (χ1) is 10.6. The second-order valence-corrected chi connectivity index (χ2v) is 7.05. The summed E-state index contributed by atoms with van der Waals surface area (Å²) in [5.41, 5.74) is 1.07. The molecule has 2 aromatic rings. The summed E-state index contributed by atoms with van der Waals surface area (Å²) < 4.78 is 3.05. The third-order valence-electron chi connectivity index (χ3n) is 4.42. The molecule has 2 amide bonds. The van der Waals surface area contributed by atoms with Gasteiger partial charge in [0.25, 0.3) is 5.91 Å². The summed E-state index contributed by atoms with van der Waals surface area (Å²) in [4.78, 5) is 31.2. The zero-order valence-corrected chi connectivity index (χ0v) is 13.2. The number of carbonyl (C=O) groups excluding carboxylic acids is 2. The summed E-state index contributed by atoms with van der Waals surface area (Å²) in [5, 5.41) is 0. The number of carbonyl (C=O) groups is 2. The molecule has 0 spiro atoms. The molecule has 1 unspecified atom stereocenters. The average molecular weight is 315 g/mol. The Labute approximate surface area is 131 Å².